The molecule has 5 nitrogen and oxygen atoms in total. The van der Waals surface area contributed by atoms with Crippen LogP contribution >= 0.6 is 11.8 Å². The van der Waals surface area contributed by atoms with E-state index in [-0.39, 0.29) is 12.4 Å². The number of rotatable bonds is 4. The second-order valence-corrected chi connectivity index (χ2v) is 4.39. The highest BCUT2D eigenvalue weighted by molar-refractivity contribution is 7.99. The zero-order valence-corrected chi connectivity index (χ0v) is 9.75. The summed E-state index contributed by atoms with van der Waals surface area (Å²) in [6.45, 7) is 2.88. The summed E-state index contributed by atoms with van der Waals surface area (Å²) < 4.78 is 6.69. The van der Waals surface area contributed by atoms with Gasteiger partial charge in [-0.2, -0.15) is 0 Å². The van der Waals surface area contributed by atoms with Crippen molar-refractivity contribution in [3.63, 3.8) is 0 Å². The quantitative estimate of drug-likeness (QED) is 0.578. The molecule has 1 aromatic heterocycles. The van der Waals surface area contributed by atoms with Crippen LogP contribution in [0, 0.1) is 0 Å². The fourth-order valence-corrected chi connectivity index (χ4v) is 2.63. The van der Waals surface area contributed by atoms with Gasteiger partial charge in [-0.25, -0.2) is 4.98 Å². The zero-order valence-electron chi connectivity index (χ0n) is 8.93. The van der Waals surface area contributed by atoms with Crippen molar-refractivity contribution in [2.75, 3.05) is 12.4 Å². The number of ether oxygens (including phenoxy) is 1. The first-order valence-corrected chi connectivity index (χ1v) is 6.07. The van der Waals surface area contributed by atoms with Crippen LogP contribution in [0.2, 0.25) is 0 Å². The van der Waals surface area contributed by atoms with Gasteiger partial charge in [-0.3, -0.25) is 9.59 Å². The molecular weight excluding hydrogens is 228 g/mol. The lowest BCUT2D eigenvalue weighted by Crippen LogP contribution is -2.10. The summed E-state index contributed by atoms with van der Waals surface area (Å²) >= 11 is 1.60. The van der Waals surface area contributed by atoms with Crippen LogP contribution < -0.4 is 0 Å². The Kier molecular flexibility index (Phi) is 3.28. The number of aldehydes is 1. The Hall–Kier alpha value is -1.30. The van der Waals surface area contributed by atoms with Crippen LogP contribution in [0.15, 0.2) is 5.16 Å². The molecule has 2 rings (SSSR count). The lowest BCUT2D eigenvalue weighted by Gasteiger charge is -2.01. The molecule has 6 heteroatoms. The fourth-order valence-electron chi connectivity index (χ4n) is 1.66. The third-order valence-electron chi connectivity index (χ3n) is 2.32. The van der Waals surface area contributed by atoms with Crippen LogP contribution in [0.4, 0.5) is 0 Å². The topological polar surface area (TPSA) is 61.2 Å². The molecule has 0 N–H and O–H groups in total. The van der Waals surface area contributed by atoms with Crippen LogP contribution in [-0.4, -0.2) is 34.2 Å². The van der Waals surface area contributed by atoms with Crippen molar-refractivity contribution >= 4 is 24.0 Å². The van der Waals surface area contributed by atoms with E-state index in [1.54, 1.807) is 18.7 Å². The molecule has 86 valence electrons. The van der Waals surface area contributed by atoms with Crippen molar-refractivity contribution in [3.05, 3.63) is 11.4 Å². The number of aromatic nitrogens is 2. The second kappa shape index (κ2) is 4.69. The molecule has 0 saturated heterocycles. The SMILES string of the molecule is CCOC(=O)Cc1nc2n(c1C=O)CCS2. The van der Waals surface area contributed by atoms with Gasteiger partial charge < -0.3 is 9.30 Å². The van der Waals surface area contributed by atoms with Gasteiger partial charge in [-0.05, 0) is 6.92 Å². The van der Waals surface area contributed by atoms with Gasteiger partial charge in [0.2, 0.25) is 0 Å². The molecule has 0 amide bonds. The molecule has 1 aliphatic rings. The van der Waals surface area contributed by atoms with Gasteiger partial charge in [0.15, 0.2) is 11.4 Å². The highest BCUT2D eigenvalue weighted by Crippen LogP contribution is 2.27. The molecular formula is C10H12N2O3S. The Balaban J connectivity index is 2.21. The van der Waals surface area contributed by atoms with Crippen molar-refractivity contribution in [1.29, 1.82) is 0 Å². The summed E-state index contributed by atoms with van der Waals surface area (Å²) in [6.07, 6.45) is 0.833. The summed E-state index contributed by atoms with van der Waals surface area (Å²) in [6, 6.07) is 0. The molecule has 1 aromatic rings. The first-order valence-electron chi connectivity index (χ1n) is 5.09. The monoisotopic (exact) mass is 240 g/mol. The van der Waals surface area contributed by atoms with Crippen molar-refractivity contribution in [3.8, 4) is 0 Å². The largest absolute Gasteiger partial charge is 0.466 e. The third kappa shape index (κ3) is 1.97. The number of esters is 1. The van der Waals surface area contributed by atoms with E-state index >= 15 is 0 Å². The highest BCUT2D eigenvalue weighted by atomic mass is 32.2. The number of hydrogen-bond donors (Lipinski definition) is 0. The standard InChI is InChI=1S/C10H12N2O3S/c1-2-15-9(14)5-7-8(6-13)12-3-4-16-10(12)11-7/h6H,2-5H2,1H3. The predicted molar refractivity (Wildman–Crippen MR) is 58.7 cm³/mol. The predicted octanol–water partition coefficient (Wildman–Crippen LogP) is 0.907. The normalized spacial score (nSPS) is 13.6. The zero-order chi connectivity index (χ0) is 11.5. The maximum absolute atomic E-state index is 11.3. The molecule has 0 radical (unpaired) electrons. The van der Waals surface area contributed by atoms with Gasteiger partial charge in [0.1, 0.15) is 5.69 Å². The van der Waals surface area contributed by atoms with E-state index in [0.717, 1.165) is 23.7 Å². The number of nitrogens with zero attached hydrogens (tertiary/aromatic N) is 2. The Morgan fingerprint density at radius 3 is 3.19 bits per heavy atom. The molecule has 0 atom stereocenters. The summed E-state index contributed by atoms with van der Waals surface area (Å²) in [4.78, 5) is 26.6. The van der Waals surface area contributed by atoms with Crippen LogP contribution in [0.5, 0.6) is 0 Å². The lowest BCUT2D eigenvalue weighted by molar-refractivity contribution is -0.142. The first-order chi connectivity index (χ1) is 7.76. The van der Waals surface area contributed by atoms with Crippen molar-refractivity contribution in [2.45, 2.75) is 25.0 Å². The average molecular weight is 240 g/mol. The number of fused-ring (bicyclic) bond motifs is 1. The van der Waals surface area contributed by atoms with Crippen LogP contribution in [-0.2, 0) is 22.5 Å². The Labute approximate surface area is 97.2 Å². The molecule has 16 heavy (non-hydrogen) atoms. The minimum Gasteiger partial charge on any atom is -0.466 e. The average Bonchev–Trinajstić information content (AvgIpc) is 2.77. The molecule has 1 aliphatic heterocycles. The van der Waals surface area contributed by atoms with Gasteiger partial charge in [0.25, 0.3) is 0 Å². The number of hydrogen-bond acceptors (Lipinski definition) is 5. The maximum atomic E-state index is 11.3. The minimum absolute atomic E-state index is 0.0719. The van der Waals surface area contributed by atoms with E-state index in [1.165, 1.54) is 0 Å². The van der Waals surface area contributed by atoms with E-state index in [1.807, 2.05) is 4.57 Å². The molecule has 0 aromatic carbocycles. The van der Waals surface area contributed by atoms with Crippen molar-refractivity contribution in [2.24, 2.45) is 0 Å². The van der Waals surface area contributed by atoms with Crippen LogP contribution in [0.1, 0.15) is 23.1 Å². The minimum atomic E-state index is -0.340. The maximum Gasteiger partial charge on any atom is 0.311 e. The van der Waals surface area contributed by atoms with E-state index < -0.39 is 0 Å². The van der Waals surface area contributed by atoms with Gasteiger partial charge in [0, 0.05) is 12.3 Å². The Bertz CT molecular complexity index is 428. The molecule has 0 fully saturated rings. The van der Waals surface area contributed by atoms with E-state index in [4.69, 9.17) is 4.74 Å². The molecule has 0 bridgehead atoms. The lowest BCUT2D eigenvalue weighted by atomic mass is 10.2. The number of carbonyl (C=O) groups is 2. The van der Waals surface area contributed by atoms with Gasteiger partial charge in [0.05, 0.1) is 18.7 Å². The van der Waals surface area contributed by atoms with Crippen LogP contribution in [0.3, 0.4) is 0 Å². The second-order valence-electron chi connectivity index (χ2n) is 3.33. The van der Waals surface area contributed by atoms with E-state index in [0.29, 0.717) is 18.0 Å². The van der Waals surface area contributed by atoms with Gasteiger partial charge >= 0.3 is 5.97 Å². The third-order valence-corrected chi connectivity index (χ3v) is 3.28. The first kappa shape index (κ1) is 11.2. The fraction of sp³-hybridized carbons (Fsp3) is 0.500. The highest BCUT2D eigenvalue weighted by Gasteiger charge is 2.22. The smallest absolute Gasteiger partial charge is 0.311 e. The summed E-state index contributed by atoms with van der Waals surface area (Å²) in [5.74, 6) is 0.593. The Morgan fingerprint density at radius 2 is 2.50 bits per heavy atom. The number of imidazole rings is 1. The van der Waals surface area contributed by atoms with E-state index in [9.17, 15) is 9.59 Å². The summed E-state index contributed by atoms with van der Waals surface area (Å²) in [7, 11) is 0. The summed E-state index contributed by atoms with van der Waals surface area (Å²) in [5, 5.41) is 0.821. The Morgan fingerprint density at radius 1 is 1.69 bits per heavy atom. The van der Waals surface area contributed by atoms with E-state index in [2.05, 4.69) is 4.98 Å². The van der Waals surface area contributed by atoms with Gasteiger partial charge in [-0.15, -0.1) is 0 Å². The van der Waals surface area contributed by atoms with Crippen LogP contribution in [0.25, 0.3) is 0 Å². The van der Waals surface area contributed by atoms with Crippen molar-refractivity contribution in [1.82, 2.24) is 9.55 Å². The number of thioether (sulfide) groups is 1. The molecule has 2 heterocycles. The van der Waals surface area contributed by atoms with Gasteiger partial charge in [-0.1, -0.05) is 11.8 Å². The molecule has 0 aliphatic carbocycles. The molecule has 0 unspecified atom stereocenters. The number of carbonyl (C=O) groups excluding carboxylic acids is 2. The summed E-state index contributed by atoms with van der Waals surface area (Å²) in [5.41, 5.74) is 1.03. The molecule has 0 saturated carbocycles. The van der Waals surface area contributed by atoms with Crippen molar-refractivity contribution < 1.29 is 14.3 Å². The molecule has 0 spiro atoms.